The Labute approximate surface area is 168 Å². The van der Waals surface area contributed by atoms with Crippen molar-refractivity contribution in [2.75, 3.05) is 13.7 Å². The van der Waals surface area contributed by atoms with Crippen LogP contribution in [0.25, 0.3) is 0 Å². The summed E-state index contributed by atoms with van der Waals surface area (Å²) < 4.78 is 12.3. The number of rotatable bonds is 10. The molecular weight excluding hydrogens is 362 g/mol. The van der Waals surface area contributed by atoms with Crippen LogP contribution in [-0.2, 0) is 14.3 Å². The maximum Gasteiger partial charge on any atom is 0.303 e. The van der Waals surface area contributed by atoms with Gasteiger partial charge in [-0.05, 0) is 56.7 Å². The summed E-state index contributed by atoms with van der Waals surface area (Å²) in [5.74, 6) is 0.341. The fourth-order valence-electron chi connectivity index (χ4n) is 5.22. The Morgan fingerprint density at radius 1 is 1.07 bits per heavy atom. The van der Waals surface area contributed by atoms with Crippen LogP contribution in [0.15, 0.2) is 0 Å². The fraction of sp³-hybridized carbons (Fsp3) is 0.905. The molecule has 0 aromatic heterocycles. The summed E-state index contributed by atoms with van der Waals surface area (Å²) in [6.45, 7) is 0.681. The van der Waals surface area contributed by atoms with Gasteiger partial charge in [0.05, 0.1) is 18.8 Å². The summed E-state index contributed by atoms with van der Waals surface area (Å²) in [5, 5.41) is 9.37. The maximum absolute atomic E-state index is 10.6. The number of fused-ring (bicyclic) bond motifs is 2. The van der Waals surface area contributed by atoms with Gasteiger partial charge in [-0.15, -0.1) is 0 Å². The van der Waals surface area contributed by atoms with Crippen LogP contribution in [0.1, 0.15) is 77.0 Å². The van der Waals surface area contributed by atoms with E-state index in [1.165, 1.54) is 32.1 Å². The van der Waals surface area contributed by atoms with Gasteiger partial charge in [0.15, 0.2) is 0 Å². The molecule has 3 fully saturated rings. The first-order valence-electron chi connectivity index (χ1n) is 10.8. The number of carboxylic acids is 1. The van der Waals surface area contributed by atoms with Gasteiger partial charge in [-0.2, -0.15) is 0 Å². The number of ether oxygens (including phenoxy) is 2. The second-order valence-electron chi connectivity index (χ2n) is 8.59. The molecule has 1 aliphatic carbocycles. The minimum atomic E-state index is -0.688. The second-order valence-corrected chi connectivity index (χ2v) is 8.94. The quantitative estimate of drug-likeness (QED) is 0.436. The molecule has 0 aromatic carbocycles. The molecule has 0 aromatic rings. The van der Waals surface area contributed by atoms with E-state index in [2.05, 4.69) is 11.9 Å². The Bertz CT molecular complexity index is 508. The number of aliphatic carboxylic acids is 1. The van der Waals surface area contributed by atoms with Crippen molar-refractivity contribution in [3.05, 3.63) is 0 Å². The van der Waals surface area contributed by atoms with E-state index in [0.717, 1.165) is 38.5 Å². The summed E-state index contributed by atoms with van der Waals surface area (Å²) in [4.78, 5) is 12.7. The van der Waals surface area contributed by atoms with Crippen molar-refractivity contribution < 1.29 is 19.4 Å². The van der Waals surface area contributed by atoms with Crippen molar-refractivity contribution in [3.8, 4) is 0 Å². The van der Waals surface area contributed by atoms with Crippen LogP contribution < -0.4 is 0 Å². The van der Waals surface area contributed by atoms with Gasteiger partial charge in [0, 0.05) is 25.4 Å². The third kappa shape index (κ3) is 5.57. The number of unbranched alkanes of at least 4 members (excludes halogenated alkanes) is 3. The van der Waals surface area contributed by atoms with E-state index in [-0.39, 0.29) is 0 Å². The molecule has 6 heteroatoms. The van der Waals surface area contributed by atoms with Crippen LogP contribution in [0.2, 0.25) is 0 Å². The van der Waals surface area contributed by atoms with E-state index in [9.17, 15) is 4.79 Å². The predicted molar refractivity (Wildman–Crippen MR) is 109 cm³/mol. The highest BCUT2D eigenvalue weighted by atomic mass is 32.1. The zero-order valence-electron chi connectivity index (χ0n) is 16.6. The van der Waals surface area contributed by atoms with E-state index < -0.39 is 5.97 Å². The first-order chi connectivity index (χ1) is 13.1. The smallest absolute Gasteiger partial charge is 0.303 e. The average molecular weight is 398 g/mol. The summed E-state index contributed by atoms with van der Waals surface area (Å²) in [5.41, 5.74) is 0. The molecule has 0 radical (unpaired) electrons. The van der Waals surface area contributed by atoms with Crippen molar-refractivity contribution in [2.45, 2.75) is 95.3 Å². The van der Waals surface area contributed by atoms with Crippen LogP contribution in [0.4, 0.5) is 0 Å². The van der Waals surface area contributed by atoms with Crippen molar-refractivity contribution in [1.29, 1.82) is 0 Å². The highest BCUT2D eigenvalue weighted by Crippen LogP contribution is 2.45. The predicted octanol–water partition coefficient (Wildman–Crippen LogP) is 4.38. The van der Waals surface area contributed by atoms with Gasteiger partial charge in [0.2, 0.25) is 0 Å². The maximum atomic E-state index is 10.6. The Morgan fingerprint density at radius 2 is 1.74 bits per heavy atom. The van der Waals surface area contributed by atoms with E-state index in [0.29, 0.717) is 48.3 Å². The lowest BCUT2D eigenvalue weighted by atomic mass is 9.77. The van der Waals surface area contributed by atoms with Crippen LogP contribution in [0.5, 0.6) is 0 Å². The van der Waals surface area contributed by atoms with E-state index >= 15 is 0 Å². The van der Waals surface area contributed by atoms with Crippen LogP contribution >= 0.6 is 12.2 Å². The fourth-order valence-corrected chi connectivity index (χ4v) is 5.44. The number of nitrogens with zero attached hydrogens (tertiary/aromatic N) is 1. The lowest BCUT2D eigenvalue weighted by Gasteiger charge is -2.31. The second kappa shape index (κ2) is 10.1. The molecule has 154 valence electrons. The summed E-state index contributed by atoms with van der Waals surface area (Å²) >= 11 is 5.54. The van der Waals surface area contributed by atoms with E-state index in [1.807, 2.05) is 0 Å². The summed E-state index contributed by atoms with van der Waals surface area (Å²) in [6.07, 6.45) is 13.6. The Kier molecular flexibility index (Phi) is 7.76. The van der Waals surface area contributed by atoms with E-state index in [1.54, 1.807) is 0 Å². The average Bonchev–Trinajstić information content (AvgIpc) is 3.39. The molecule has 0 spiro atoms. The Morgan fingerprint density at radius 3 is 2.44 bits per heavy atom. The van der Waals surface area contributed by atoms with Crippen molar-refractivity contribution in [1.82, 2.24) is 4.90 Å². The zero-order valence-corrected chi connectivity index (χ0v) is 17.4. The molecule has 1 saturated carbocycles. The van der Waals surface area contributed by atoms with Gasteiger partial charge >= 0.3 is 5.97 Å². The summed E-state index contributed by atoms with van der Waals surface area (Å²) in [6, 6.07) is 0.551. The molecule has 3 rings (SSSR count). The molecule has 4 unspecified atom stereocenters. The molecule has 2 heterocycles. The normalized spacial score (nSPS) is 30.0. The van der Waals surface area contributed by atoms with Gasteiger partial charge < -0.3 is 19.5 Å². The van der Waals surface area contributed by atoms with Gasteiger partial charge in [-0.25, -0.2) is 0 Å². The van der Waals surface area contributed by atoms with Crippen molar-refractivity contribution in [2.24, 2.45) is 11.8 Å². The molecule has 27 heavy (non-hydrogen) atoms. The molecule has 2 aliphatic heterocycles. The highest BCUT2D eigenvalue weighted by molar-refractivity contribution is 7.80. The first-order valence-corrected chi connectivity index (χ1v) is 11.2. The first kappa shape index (κ1) is 20.8. The Balaban J connectivity index is 1.40. The third-order valence-electron chi connectivity index (χ3n) is 6.83. The minimum absolute atomic E-state index is 0.291. The molecule has 2 bridgehead atoms. The third-order valence-corrected chi connectivity index (χ3v) is 7.23. The van der Waals surface area contributed by atoms with Gasteiger partial charge in [0.1, 0.15) is 0 Å². The largest absolute Gasteiger partial charge is 0.481 e. The molecule has 3 aliphatic rings. The number of hydrogen-bond donors (Lipinski definition) is 1. The topological polar surface area (TPSA) is 59.0 Å². The van der Waals surface area contributed by atoms with Crippen LogP contribution in [0.3, 0.4) is 0 Å². The lowest BCUT2D eigenvalue weighted by Crippen LogP contribution is -2.38. The van der Waals surface area contributed by atoms with Crippen molar-refractivity contribution in [3.63, 3.8) is 0 Å². The SMILES string of the molecule is CN(C(=S)OCC1C2CCC(O2)C1CCCCCCC(=O)O)C1CCCC1. The van der Waals surface area contributed by atoms with Crippen LogP contribution in [-0.4, -0.2) is 53.1 Å². The number of thiocarbonyl (C=S) groups is 1. The number of hydrogen-bond acceptors (Lipinski definition) is 4. The Hall–Kier alpha value is -0.880. The zero-order chi connectivity index (χ0) is 19.2. The van der Waals surface area contributed by atoms with Gasteiger partial charge in [0.25, 0.3) is 5.17 Å². The number of carboxylic acid groups (broad SMARTS) is 1. The van der Waals surface area contributed by atoms with Gasteiger partial charge in [-0.1, -0.05) is 32.1 Å². The molecule has 2 saturated heterocycles. The molecule has 1 N–H and O–H groups in total. The summed E-state index contributed by atoms with van der Waals surface area (Å²) in [7, 11) is 2.07. The molecular formula is C21H35NO4S. The van der Waals surface area contributed by atoms with Crippen LogP contribution in [0, 0.1) is 11.8 Å². The van der Waals surface area contributed by atoms with Gasteiger partial charge in [-0.3, -0.25) is 4.79 Å². The lowest BCUT2D eigenvalue weighted by molar-refractivity contribution is -0.137. The number of carbonyl (C=O) groups is 1. The highest BCUT2D eigenvalue weighted by Gasteiger charge is 2.48. The monoisotopic (exact) mass is 397 g/mol. The molecule has 0 amide bonds. The molecule has 4 atom stereocenters. The standard InChI is InChI=1S/C21H35NO4S/c1-22(15-8-6-7-9-15)21(27)25-14-17-16(18-12-13-19(17)26-18)10-4-2-3-5-11-20(23)24/h15-19H,2-14H2,1H3,(H,23,24). The van der Waals surface area contributed by atoms with E-state index in [4.69, 9.17) is 26.8 Å². The molecule has 5 nitrogen and oxygen atoms in total. The minimum Gasteiger partial charge on any atom is -0.481 e. The van der Waals surface area contributed by atoms with Crippen molar-refractivity contribution >= 4 is 23.4 Å².